The Morgan fingerprint density at radius 1 is 1.08 bits per heavy atom. The predicted molar refractivity (Wildman–Crippen MR) is 91.6 cm³/mol. The van der Waals surface area contributed by atoms with Crippen LogP contribution in [0.15, 0.2) is 48.5 Å². The van der Waals surface area contributed by atoms with Crippen LogP contribution in [0.5, 0.6) is 0 Å². The Hall–Kier alpha value is -3.02. The fourth-order valence-electron chi connectivity index (χ4n) is 2.97. The van der Waals surface area contributed by atoms with E-state index in [1.54, 1.807) is 29.2 Å². The van der Waals surface area contributed by atoms with Gasteiger partial charge in [-0.15, -0.1) is 0 Å². The number of hydrogen-bond acceptors (Lipinski definition) is 4. The highest BCUT2D eigenvalue weighted by Gasteiger charge is 2.28. The molecule has 1 heterocycles. The van der Waals surface area contributed by atoms with Crippen molar-refractivity contribution < 1.29 is 14.3 Å². The number of hydrogen-bond donors (Lipinski definition) is 2. The number of benzene rings is 2. The molecule has 1 unspecified atom stereocenters. The standard InChI is InChI=1S/C18H19N3O3/c19-13-9-7-12(8-10-13)17(22)21-11-3-6-16(24-18(20)23)14-4-1-2-5-15(14)21/h1-2,4-5,7-10,16H,3,6,11,19H2,(H2,20,23). The van der Waals surface area contributed by atoms with Crippen molar-refractivity contribution in [2.24, 2.45) is 5.73 Å². The van der Waals surface area contributed by atoms with E-state index in [9.17, 15) is 9.59 Å². The first-order chi connectivity index (χ1) is 11.6. The largest absolute Gasteiger partial charge is 0.441 e. The van der Waals surface area contributed by atoms with Crippen LogP contribution in [0.1, 0.15) is 34.9 Å². The Bertz CT molecular complexity index is 758. The van der Waals surface area contributed by atoms with Gasteiger partial charge in [0.2, 0.25) is 0 Å². The molecule has 0 aromatic heterocycles. The molecule has 6 heteroatoms. The first kappa shape index (κ1) is 15.9. The van der Waals surface area contributed by atoms with Gasteiger partial charge in [0.05, 0.1) is 5.69 Å². The molecule has 2 aromatic rings. The lowest BCUT2D eigenvalue weighted by Gasteiger charge is -2.24. The third-order valence-electron chi connectivity index (χ3n) is 4.08. The van der Waals surface area contributed by atoms with Crippen molar-refractivity contribution in [1.82, 2.24) is 0 Å². The molecule has 124 valence electrons. The molecular formula is C18H19N3O3. The van der Waals surface area contributed by atoms with Gasteiger partial charge in [0.15, 0.2) is 0 Å². The van der Waals surface area contributed by atoms with Crippen molar-refractivity contribution in [2.75, 3.05) is 17.2 Å². The monoisotopic (exact) mass is 325 g/mol. The van der Waals surface area contributed by atoms with Crippen molar-refractivity contribution in [3.8, 4) is 0 Å². The third kappa shape index (κ3) is 3.17. The van der Waals surface area contributed by atoms with E-state index in [-0.39, 0.29) is 5.91 Å². The number of rotatable bonds is 2. The van der Waals surface area contributed by atoms with Crippen LogP contribution in [0.25, 0.3) is 0 Å². The van der Waals surface area contributed by atoms with Crippen molar-refractivity contribution in [3.63, 3.8) is 0 Å². The summed E-state index contributed by atoms with van der Waals surface area (Å²) >= 11 is 0. The minimum atomic E-state index is -0.812. The summed E-state index contributed by atoms with van der Waals surface area (Å²) < 4.78 is 5.23. The number of carbonyl (C=O) groups is 2. The van der Waals surface area contributed by atoms with Crippen LogP contribution in [-0.4, -0.2) is 18.5 Å². The summed E-state index contributed by atoms with van der Waals surface area (Å²) in [6.07, 6.45) is 0.0646. The highest BCUT2D eigenvalue weighted by Crippen LogP contribution is 2.35. The SMILES string of the molecule is NC(=O)OC1CCCN(C(=O)c2ccc(N)cc2)c2ccccc21. The first-order valence-corrected chi connectivity index (χ1v) is 7.78. The van der Waals surface area contributed by atoms with E-state index in [4.69, 9.17) is 16.2 Å². The number of carbonyl (C=O) groups excluding carboxylic acids is 2. The zero-order chi connectivity index (χ0) is 17.1. The second kappa shape index (κ2) is 6.62. The van der Waals surface area contributed by atoms with Gasteiger partial charge in [-0.2, -0.15) is 0 Å². The highest BCUT2D eigenvalue weighted by atomic mass is 16.6. The number of nitrogen functional groups attached to an aromatic ring is 1. The van der Waals surface area contributed by atoms with Gasteiger partial charge in [0.25, 0.3) is 5.91 Å². The normalized spacial score (nSPS) is 16.8. The van der Waals surface area contributed by atoms with Gasteiger partial charge < -0.3 is 21.1 Å². The molecule has 0 aliphatic carbocycles. The number of ether oxygens (including phenoxy) is 1. The van der Waals surface area contributed by atoms with E-state index in [0.717, 1.165) is 11.3 Å². The van der Waals surface area contributed by atoms with Gasteiger partial charge >= 0.3 is 6.09 Å². The van der Waals surface area contributed by atoms with Gasteiger partial charge in [0, 0.05) is 23.4 Å². The topological polar surface area (TPSA) is 98.7 Å². The molecule has 1 atom stereocenters. The van der Waals surface area contributed by atoms with Crippen LogP contribution in [0.4, 0.5) is 16.2 Å². The van der Waals surface area contributed by atoms with Crippen LogP contribution in [0.2, 0.25) is 0 Å². The number of primary amides is 1. The molecule has 0 saturated heterocycles. The Balaban J connectivity index is 1.97. The van der Waals surface area contributed by atoms with Crippen LogP contribution >= 0.6 is 0 Å². The lowest BCUT2D eigenvalue weighted by atomic mass is 10.0. The Labute approximate surface area is 140 Å². The van der Waals surface area contributed by atoms with Crippen LogP contribution in [0.3, 0.4) is 0 Å². The minimum absolute atomic E-state index is 0.109. The van der Waals surface area contributed by atoms with E-state index in [1.807, 2.05) is 24.3 Å². The van der Waals surface area contributed by atoms with Crippen molar-refractivity contribution in [3.05, 3.63) is 59.7 Å². The smallest absolute Gasteiger partial charge is 0.405 e. The van der Waals surface area contributed by atoms with Crippen molar-refractivity contribution >= 4 is 23.4 Å². The summed E-state index contributed by atoms with van der Waals surface area (Å²) in [5, 5.41) is 0. The summed E-state index contributed by atoms with van der Waals surface area (Å²) in [5.41, 5.74) is 13.6. The van der Waals surface area contributed by atoms with E-state index < -0.39 is 12.2 Å². The van der Waals surface area contributed by atoms with Crippen LogP contribution in [-0.2, 0) is 4.74 Å². The lowest BCUT2D eigenvalue weighted by molar-refractivity contribution is 0.0980. The molecule has 0 radical (unpaired) electrons. The molecule has 4 N–H and O–H groups in total. The number of anilines is 2. The van der Waals surface area contributed by atoms with Gasteiger partial charge in [0.1, 0.15) is 6.10 Å². The first-order valence-electron chi connectivity index (χ1n) is 7.78. The molecule has 3 rings (SSSR count). The molecule has 0 spiro atoms. The van der Waals surface area contributed by atoms with E-state index >= 15 is 0 Å². The van der Waals surface area contributed by atoms with Gasteiger partial charge in [-0.25, -0.2) is 4.79 Å². The molecule has 24 heavy (non-hydrogen) atoms. The second-order valence-corrected chi connectivity index (χ2v) is 5.71. The Kier molecular flexibility index (Phi) is 4.37. The number of para-hydroxylation sites is 1. The number of amides is 2. The van der Waals surface area contributed by atoms with E-state index in [1.165, 1.54) is 0 Å². The van der Waals surface area contributed by atoms with Crippen molar-refractivity contribution in [1.29, 1.82) is 0 Å². The Morgan fingerprint density at radius 2 is 1.79 bits per heavy atom. The van der Waals surface area contributed by atoms with E-state index in [0.29, 0.717) is 30.6 Å². The van der Waals surface area contributed by atoms with Gasteiger partial charge in [-0.3, -0.25) is 4.79 Å². The lowest BCUT2D eigenvalue weighted by Crippen LogP contribution is -2.31. The molecule has 2 amide bonds. The molecule has 6 nitrogen and oxygen atoms in total. The molecule has 1 aliphatic heterocycles. The number of nitrogens with two attached hydrogens (primary N) is 2. The zero-order valence-electron chi connectivity index (χ0n) is 13.1. The maximum absolute atomic E-state index is 12.9. The average molecular weight is 325 g/mol. The second-order valence-electron chi connectivity index (χ2n) is 5.71. The molecule has 2 aromatic carbocycles. The molecule has 0 bridgehead atoms. The molecular weight excluding hydrogens is 306 g/mol. The summed E-state index contributed by atoms with van der Waals surface area (Å²) in [4.78, 5) is 25.8. The quantitative estimate of drug-likeness (QED) is 0.829. The van der Waals surface area contributed by atoms with Crippen LogP contribution in [0, 0.1) is 0 Å². The molecule has 0 fully saturated rings. The number of fused-ring (bicyclic) bond motifs is 1. The Morgan fingerprint density at radius 3 is 2.50 bits per heavy atom. The third-order valence-corrected chi connectivity index (χ3v) is 4.08. The maximum Gasteiger partial charge on any atom is 0.405 e. The van der Waals surface area contributed by atoms with Crippen molar-refractivity contribution in [2.45, 2.75) is 18.9 Å². The fourth-order valence-corrected chi connectivity index (χ4v) is 2.97. The average Bonchev–Trinajstić information content (AvgIpc) is 2.74. The fraction of sp³-hybridized carbons (Fsp3) is 0.222. The summed E-state index contributed by atoms with van der Waals surface area (Å²) in [7, 11) is 0. The number of nitrogens with zero attached hydrogens (tertiary/aromatic N) is 1. The summed E-state index contributed by atoms with van der Waals surface area (Å²) in [5.74, 6) is -0.109. The summed E-state index contributed by atoms with van der Waals surface area (Å²) in [6.45, 7) is 0.541. The predicted octanol–water partition coefficient (Wildman–Crippen LogP) is 2.85. The van der Waals surface area contributed by atoms with Gasteiger partial charge in [-0.1, -0.05) is 18.2 Å². The zero-order valence-corrected chi connectivity index (χ0v) is 13.1. The molecule has 1 aliphatic rings. The van der Waals surface area contributed by atoms with Crippen LogP contribution < -0.4 is 16.4 Å². The molecule has 0 saturated carbocycles. The van der Waals surface area contributed by atoms with Gasteiger partial charge in [-0.05, 0) is 43.2 Å². The van der Waals surface area contributed by atoms with E-state index in [2.05, 4.69) is 0 Å². The highest BCUT2D eigenvalue weighted by molar-refractivity contribution is 6.06. The summed E-state index contributed by atoms with van der Waals surface area (Å²) in [6, 6.07) is 14.3. The maximum atomic E-state index is 12.9. The minimum Gasteiger partial charge on any atom is -0.441 e.